The summed E-state index contributed by atoms with van der Waals surface area (Å²) in [5.74, 6) is 1.65. The van der Waals surface area contributed by atoms with E-state index in [2.05, 4.69) is 35.0 Å². The minimum atomic E-state index is 0.152. The second-order valence-corrected chi connectivity index (χ2v) is 6.24. The Kier molecular flexibility index (Phi) is 4.88. The Morgan fingerprint density at radius 3 is 2.53 bits per heavy atom. The number of thiophene rings is 1. The normalized spacial score (nSPS) is 12.2. The standard InChI is InChI=1S/C15H17BrO2S/c1-4-11-6-8-14(19-11)15(16)12-7-5-10(17-2)9-13(12)18-3/h5-9,15H,4H2,1-3H3. The molecule has 0 aliphatic rings. The van der Waals surface area contributed by atoms with E-state index < -0.39 is 0 Å². The summed E-state index contributed by atoms with van der Waals surface area (Å²) < 4.78 is 10.7. The molecule has 0 N–H and O–H groups in total. The SMILES string of the molecule is CCc1ccc(C(Br)c2ccc(OC)cc2OC)s1. The van der Waals surface area contributed by atoms with E-state index in [1.165, 1.54) is 9.75 Å². The van der Waals surface area contributed by atoms with E-state index in [-0.39, 0.29) is 4.83 Å². The van der Waals surface area contributed by atoms with Crippen LogP contribution in [0.2, 0.25) is 0 Å². The van der Waals surface area contributed by atoms with Crippen molar-refractivity contribution < 1.29 is 9.47 Å². The summed E-state index contributed by atoms with van der Waals surface area (Å²) in [7, 11) is 3.34. The van der Waals surface area contributed by atoms with Gasteiger partial charge in [0.25, 0.3) is 0 Å². The lowest BCUT2D eigenvalue weighted by atomic mass is 10.1. The van der Waals surface area contributed by atoms with Gasteiger partial charge in [-0.05, 0) is 24.6 Å². The molecular formula is C15H17BrO2S. The smallest absolute Gasteiger partial charge is 0.127 e. The van der Waals surface area contributed by atoms with Gasteiger partial charge in [0.1, 0.15) is 11.5 Å². The van der Waals surface area contributed by atoms with Crippen molar-refractivity contribution in [3.05, 3.63) is 45.6 Å². The molecule has 0 fully saturated rings. The molecule has 4 heteroatoms. The molecule has 19 heavy (non-hydrogen) atoms. The predicted molar refractivity (Wildman–Crippen MR) is 84.0 cm³/mol. The molecule has 1 aromatic carbocycles. The fourth-order valence-corrected chi connectivity index (χ4v) is 3.66. The van der Waals surface area contributed by atoms with Gasteiger partial charge < -0.3 is 9.47 Å². The highest BCUT2D eigenvalue weighted by Crippen LogP contribution is 2.40. The first-order chi connectivity index (χ1) is 9.19. The molecule has 0 bridgehead atoms. The van der Waals surface area contributed by atoms with Crippen molar-refractivity contribution in [1.82, 2.24) is 0 Å². The van der Waals surface area contributed by atoms with Crippen LogP contribution in [0, 0.1) is 0 Å². The second-order valence-electron chi connectivity index (χ2n) is 4.13. The lowest BCUT2D eigenvalue weighted by Crippen LogP contribution is -1.96. The number of alkyl halides is 1. The fraction of sp³-hybridized carbons (Fsp3) is 0.333. The topological polar surface area (TPSA) is 18.5 Å². The molecule has 0 saturated carbocycles. The van der Waals surface area contributed by atoms with Gasteiger partial charge in [-0.1, -0.05) is 28.9 Å². The van der Waals surface area contributed by atoms with Crippen LogP contribution in [-0.2, 0) is 6.42 Å². The van der Waals surface area contributed by atoms with E-state index in [1.807, 2.05) is 29.5 Å². The summed E-state index contributed by atoms with van der Waals surface area (Å²) >= 11 is 5.60. The largest absolute Gasteiger partial charge is 0.497 e. The Morgan fingerprint density at radius 1 is 1.16 bits per heavy atom. The first-order valence-electron chi connectivity index (χ1n) is 6.14. The summed E-state index contributed by atoms with van der Waals surface area (Å²) in [4.78, 5) is 2.84. The molecular weight excluding hydrogens is 324 g/mol. The van der Waals surface area contributed by atoms with E-state index in [4.69, 9.17) is 9.47 Å². The molecule has 1 aromatic heterocycles. The average molecular weight is 341 g/mol. The van der Waals surface area contributed by atoms with Gasteiger partial charge in [0.05, 0.1) is 19.0 Å². The van der Waals surface area contributed by atoms with Crippen LogP contribution < -0.4 is 9.47 Å². The zero-order chi connectivity index (χ0) is 13.8. The van der Waals surface area contributed by atoms with Crippen LogP contribution in [-0.4, -0.2) is 14.2 Å². The van der Waals surface area contributed by atoms with E-state index in [0.717, 1.165) is 23.5 Å². The molecule has 0 aliphatic heterocycles. The highest BCUT2D eigenvalue weighted by molar-refractivity contribution is 9.09. The zero-order valence-corrected chi connectivity index (χ0v) is 13.7. The molecule has 0 spiro atoms. The number of hydrogen-bond donors (Lipinski definition) is 0. The van der Waals surface area contributed by atoms with Crippen LogP contribution >= 0.6 is 27.3 Å². The van der Waals surface area contributed by atoms with Gasteiger partial charge in [-0.3, -0.25) is 0 Å². The van der Waals surface area contributed by atoms with E-state index in [9.17, 15) is 0 Å². The van der Waals surface area contributed by atoms with E-state index in [1.54, 1.807) is 14.2 Å². The van der Waals surface area contributed by atoms with Gasteiger partial charge in [-0.2, -0.15) is 0 Å². The number of ether oxygens (including phenoxy) is 2. The van der Waals surface area contributed by atoms with Crippen LogP contribution in [0.5, 0.6) is 11.5 Å². The Bertz CT molecular complexity index is 551. The third-order valence-corrected chi connectivity index (χ3v) is 5.58. The lowest BCUT2D eigenvalue weighted by Gasteiger charge is -2.14. The average Bonchev–Trinajstić information content (AvgIpc) is 2.94. The maximum Gasteiger partial charge on any atom is 0.127 e. The highest BCUT2D eigenvalue weighted by atomic mass is 79.9. The van der Waals surface area contributed by atoms with Crippen molar-refractivity contribution in [2.45, 2.75) is 18.2 Å². The molecule has 102 valence electrons. The van der Waals surface area contributed by atoms with E-state index in [0.29, 0.717) is 0 Å². The van der Waals surface area contributed by atoms with Crippen LogP contribution in [0.4, 0.5) is 0 Å². The van der Waals surface area contributed by atoms with E-state index >= 15 is 0 Å². The molecule has 0 saturated heterocycles. The number of benzene rings is 1. The zero-order valence-electron chi connectivity index (χ0n) is 11.3. The molecule has 2 nitrogen and oxygen atoms in total. The molecule has 0 amide bonds. The summed E-state index contributed by atoms with van der Waals surface area (Å²) in [6, 6.07) is 10.3. The van der Waals surface area contributed by atoms with Crippen LogP contribution in [0.1, 0.15) is 27.1 Å². The number of hydrogen-bond acceptors (Lipinski definition) is 3. The molecule has 0 radical (unpaired) electrons. The molecule has 1 atom stereocenters. The molecule has 2 rings (SSSR count). The third-order valence-electron chi connectivity index (χ3n) is 2.99. The summed E-state index contributed by atoms with van der Waals surface area (Å²) in [5.41, 5.74) is 1.12. The number of aryl methyl sites for hydroxylation is 1. The fourth-order valence-electron chi connectivity index (χ4n) is 1.90. The number of methoxy groups -OCH3 is 2. The summed E-state index contributed by atoms with van der Waals surface area (Å²) in [6.07, 6.45) is 1.07. The van der Waals surface area contributed by atoms with Crippen LogP contribution in [0.3, 0.4) is 0 Å². The van der Waals surface area contributed by atoms with Gasteiger partial charge in [0.2, 0.25) is 0 Å². The number of rotatable bonds is 5. The van der Waals surface area contributed by atoms with Crippen molar-refractivity contribution in [3.63, 3.8) is 0 Å². The van der Waals surface area contributed by atoms with Crippen LogP contribution in [0.15, 0.2) is 30.3 Å². The Hall–Kier alpha value is -1.00. The van der Waals surface area contributed by atoms with Crippen molar-refractivity contribution in [2.75, 3.05) is 14.2 Å². The second kappa shape index (κ2) is 6.44. The minimum Gasteiger partial charge on any atom is -0.497 e. The Balaban J connectivity index is 2.34. The van der Waals surface area contributed by atoms with Crippen LogP contribution in [0.25, 0.3) is 0 Å². The van der Waals surface area contributed by atoms with Crippen molar-refractivity contribution >= 4 is 27.3 Å². The predicted octanol–water partition coefficient (Wildman–Crippen LogP) is 4.81. The first-order valence-corrected chi connectivity index (χ1v) is 7.87. The maximum absolute atomic E-state index is 5.46. The number of halogens is 1. The van der Waals surface area contributed by atoms with Crippen molar-refractivity contribution in [1.29, 1.82) is 0 Å². The molecule has 1 unspecified atom stereocenters. The molecule has 2 aromatic rings. The lowest BCUT2D eigenvalue weighted by molar-refractivity contribution is 0.391. The van der Waals surface area contributed by atoms with Crippen molar-refractivity contribution in [3.8, 4) is 11.5 Å². The first kappa shape index (κ1) is 14.4. The van der Waals surface area contributed by atoms with Gasteiger partial charge in [-0.15, -0.1) is 11.3 Å². The minimum absolute atomic E-state index is 0.152. The van der Waals surface area contributed by atoms with Gasteiger partial charge in [-0.25, -0.2) is 0 Å². The quantitative estimate of drug-likeness (QED) is 0.727. The maximum atomic E-state index is 5.46. The highest BCUT2D eigenvalue weighted by Gasteiger charge is 2.17. The Labute approximate surface area is 126 Å². The molecule has 1 heterocycles. The monoisotopic (exact) mass is 340 g/mol. The summed E-state index contributed by atoms with van der Waals surface area (Å²) in [6.45, 7) is 2.17. The Morgan fingerprint density at radius 2 is 1.95 bits per heavy atom. The van der Waals surface area contributed by atoms with Gasteiger partial charge >= 0.3 is 0 Å². The summed E-state index contributed by atoms with van der Waals surface area (Å²) in [5, 5.41) is 0. The van der Waals surface area contributed by atoms with Crippen molar-refractivity contribution in [2.24, 2.45) is 0 Å². The van der Waals surface area contributed by atoms with Gasteiger partial charge in [0, 0.05) is 21.4 Å². The van der Waals surface area contributed by atoms with Gasteiger partial charge in [0.15, 0.2) is 0 Å². The third kappa shape index (κ3) is 3.12. The molecule has 0 aliphatic carbocycles.